The van der Waals surface area contributed by atoms with Crippen molar-refractivity contribution in [2.75, 3.05) is 20.5 Å². The van der Waals surface area contributed by atoms with Crippen LogP contribution in [0.4, 0.5) is 0 Å². The predicted octanol–water partition coefficient (Wildman–Crippen LogP) is 0.752. The molecule has 0 heterocycles. The summed E-state index contributed by atoms with van der Waals surface area (Å²) in [7, 11) is 1.56. The van der Waals surface area contributed by atoms with Crippen LogP contribution < -0.4 is 0 Å². The second-order valence-corrected chi connectivity index (χ2v) is 1.65. The normalized spacial score (nSPS) is 10.5. The first-order valence-electron chi connectivity index (χ1n) is 3.07. The summed E-state index contributed by atoms with van der Waals surface area (Å²) >= 11 is 0. The summed E-state index contributed by atoms with van der Waals surface area (Å²) in [4.78, 5) is 9.78. The summed E-state index contributed by atoms with van der Waals surface area (Å²) in [6.07, 6.45) is 4.83. The van der Waals surface area contributed by atoms with Crippen molar-refractivity contribution in [3.63, 3.8) is 0 Å². The molecular weight excluding hydrogens is 132 g/mol. The zero-order valence-corrected chi connectivity index (χ0v) is 6.08. The Morgan fingerprint density at radius 3 is 2.80 bits per heavy atom. The van der Waals surface area contributed by atoms with Crippen LogP contribution in [0.15, 0.2) is 12.2 Å². The fourth-order valence-corrected chi connectivity index (χ4v) is 0.419. The lowest BCUT2D eigenvalue weighted by atomic mass is 10.4. The number of allylic oxidation sites excluding steroid dienone is 1. The first kappa shape index (κ1) is 9.33. The van der Waals surface area contributed by atoms with Crippen molar-refractivity contribution in [2.24, 2.45) is 0 Å². The van der Waals surface area contributed by atoms with Crippen molar-refractivity contribution < 1.29 is 14.3 Å². The third kappa shape index (κ3) is 7.33. The highest BCUT2D eigenvalue weighted by atomic mass is 16.7. The van der Waals surface area contributed by atoms with Crippen LogP contribution in [0.1, 0.15) is 6.42 Å². The number of methoxy groups -OCH3 is 1. The second kappa shape index (κ2) is 8.33. The highest BCUT2D eigenvalue weighted by Crippen LogP contribution is 1.80. The van der Waals surface area contributed by atoms with Gasteiger partial charge in [-0.05, 0) is 0 Å². The van der Waals surface area contributed by atoms with E-state index < -0.39 is 0 Å². The standard InChI is InChI=1S/C7H12O3/c1-9-7-10-6-4-2-3-5-8/h2,4-5H,3,6-7H2,1H3. The number of ether oxygens (including phenoxy) is 2. The molecule has 0 aliphatic heterocycles. The van der Waals surface area contributed by atoms with Gasteiger partial charge >= 0.3 is 0 Å². The van der Waals surface area contributed by atoms with Crippen molar-refractivity contribution in [1.29, 1.82) is 0 Å². The molecule has 0 unspecified atom stereocenters. The molecule has 0 N–H and O–H groups in total. The molecule has 0 aliphatic carbocycles. The molecule has 0 amide bonds. The van der Waals surface area contributed by atoms with Crippen LogP contribution in [0.3, 0.4) is 0 Å². The highest BCUT2D eigenvalue weighted by Gasteiger charge is 1.77. The van der Waals surface area contributed by atoms with E-state index in [1.807, 2.05) is 0 Å². The maximum atomic E-state index is 9.78. The highest BCUT2D eigenvalue weighted by molar-refractivity contribution is 5.51. The van der Waals surface area contributed by atoms with Crippen LogP contribution in [0.2, 0.25) is 0 Å². The van der Waals surface area contributed by atoms with Gasteiger partial charge in [0.15, 0.2) is 0 Å². The number of carbonyl (C=O) groups excluding carboxylic acids is 1. The van der Waals surface area contributed by atoms with Gasteiger partial charge in [-0.3, -0.25) is 0 Å². The lowest BCUT2D eigenvalue weighted by Crippen LogP contribution is -1.95. The molecule has 0 rings (SSSR count). The summed E-state index contributed by atoms with van der Waals surface area (Å²) in [6, 6.07) is 0. The molecular formula is C7H12O3. The number of hydrogen-bond donors (Lipinski definition) is 0. The van der Waals surface area contributed by atoms with Crippen molar-refractivity contribution >= 4 is 6.29 Å². The maximum Gasteiger partial charge on any atom is 0.146 e. The van der Waals surface area contributed by atoms with Gasteiger partial charge in [0.2, 0.25) is 0 Å². The molecule has 0 aliphatic rings. The van der Waals surface area contributed by atoms with Crippen LogP contribution in [0.25, 0.3) is 0 Å². The van der Waals surface area contributed by atoms with Crippen LogP contribution in [0.5, 0.6) is 0 Å². The molecule has 0 atom stereocenters. The van der Waals surface area contributed by atoms with E-state index in [4.69, 9.17) is 4.74 Å². The van der Waals surface area contributed by atoms with E-state index in [9.17, 15) is 4.79 Å². The smallest absolute Gasteiger partial charge is 0.146 e. The minimum Gasteiger partial charge on any atom is -0.359 e. The number of rotatable bonds is 6. The van der Waals surface area contributed by atoms with Gasteiger partial charge in [-0.1, -0.05) is 12.2 Å². The van der Waals surface area contributed by atoms with Gasteiger partial charge in [-0.25, -0.2) is 0 Å². The monoisotopic (exact) mass is 144 g/mol. The Hall–Kier alpha value is -0.670. The number of aldehydes is 1. The van der Waals surface area contributed by atoms with E-state index in [1.54, 1.807) is 19.3 Å². The number of carbonyl (C=O) groups is 1. The van der Waals surface area contributed by atoms with Gasteiger partial charge in [-0.15, -0.1) is 0 Å². The number of hydrogen-bond acceptors (Lipinski definition) is 3. The molecule has 0 aromatic heterocycles. The molecule has 0 bridgehead atoms. The van der Waals surface area contributed by atoms with Gasteiger partial charge in [0, 0.05) is 13.5 Å². The average molecular weight is 144 g/mol. The van der Waals surface area contributed by atoms with E-state index in [2.05, 4.69) is 4.74 Å². The van der Waals surface area contributed by atoms with Crippen molar-refractivity contribution in [3.8, 4) is 0 Å². The quantitative estimate of drug-likeness (QED) is 0.239. The molecule has 10 heavy (non-hydrogen) atoms. The lowest BCUT2D eigenvalue weighted by molar-refractivity contribution is -0.107. The molecule has 3 nitrogen and oxygen atoms in total. The lowest BCUT2D eigenvalue weighted by Gasteiger charge is -1.95. The van der Waals surface area contributed by atoms with E-state index in [0.717, 1.165) is 6.29 Å². The first-order valence-corrected chi connectivity index (χ1v) is 3.07. The van der Waals surface area contributed by atoms with Crippen LogP contribution >= 0.6 is 0 Å². The predicted molar refractivity (Wildman–Crippen MR) is 37.6 cm³/mol. The van der Waals surface area contributed by atoms with E-state index in [0.29, 0.717) is 19.8 Å². The Morgan fingerprint density at radius 2 is 2.20 bits per heavy atom. The van der Waals surface area contributed by atoms with Crippen molar-refractivity contribution in [3.05, 3.63) is 12.2 Å². The van der Waals surface area contributed by atoms with Gasteiger partial charge in [0.25, 0.3) is 0 Å². The summed E-state index contributed by atoms with van der Waals surface area (Å²) < 4.78 is 9.53. The minimum absolute atomic E-state index is 0.297. The molecule has 0 aromatic carbocycles. The van der Waals surface area contributed by atoms with Crippen molar-refractivity contribution in [2.45, 2.75) is 6.42 Å². The van der Waals surface area contributed by atoms with Crippen LogP contribution in [-0.4, -0.2) is 26.8 Å². The fourth-order valence-electron chi connectivity index (χ4n) is 0.419. The SMILES string of the molecule is COCOCC=CCC=O. The third-order valence-electron chi connectivity index (χ3n) is 0.814. The van der Waals surface area contributed by atoms with Gasteiger partial charge in [-0.2, -0.15) is 0 Å². The van der Waals surface area contributed by atoms with Crippen LogP contribution in [-0.2, 0) is 14.3 Å². The summed E-state index contributed by atoms with van der Waals surface area (Å²) in [5, 5.41) is 0. The topological polar surface area (TPSA) is 35.5 Å². The Bertz CT molecular complexity index is 99.0. The first-order chi connectivity index (χ1) is 4.91. The van der Waals surface area contributed by atoms with E-state index >= 15 is 0 Å². The molecule has 0 radical (unpaired) electrons. The summed E-state index contributed by atoms with van der Waals surface area (Å²) in [5.41, 5.74) is 0. The minimum atomic E-state index is 0.297. The van der Waals surface area contributed by atoms with Crippen molar-refractivity contribution in [1.82, 2.24) is 0 Å². The third-order valence-corrected chi connectivity index (χ3v) is 0.814. The largest absolute Gasteiger partial charge is 0.359 e. The molecule has 0 spiro atoms. The Balaban J connectivity index is 2.94. The Morgan fingerprint density at radius 1 is 1.40 bits per heavy atom. The Labute approximate surface area is 60.6 Å². The average Bonchev–Trinajstić information content (AvgIpc) is 1.97. The fraction of sp³-hybridized carbons (Fsp3) is 0.571. The Kier molecular flexibility index (Phi) is 7.77. The molecule has 0 aromatic rings. The molecule has 58 valence electrons. The summed E-state index contributed by atoms with van der Waals surface area (Å²) in [5.74, 6) is 0. The van der Waals surface area contributed by atoms with Gasteiger partial charge in [0.1, 0.15) is 13.1 Å². The molecule has 0 saturated carbocycles. The maximum absolute atomic E-state index is 9.78. The van der Waals surface area contributed by atoms with Crippen LogP contribution in [0, 0.1) is 0 Å². The van der Waals surface area contributed by atoms with E-state index in [1.165, 1.54) is 0 Å². The molecule has 0 fully saturated rings. The molecule has 3 heteroatoms. The van der Waals surface area contributed by atoms with Gasteiger partial charge in [0.05, 0.1) is 6.61 Å². The zero-order chi connectivity index (χ0) is 7.66. The molecule has 0 saturated heterocycles. The zero-order valence-electron chi connectivity index (χ0n) is 6.08. The van der Waals surface area contributed by atoms with Gasteiger partial charge < -0.3 is 14.3 Å². The second-order valence-electron chi connectivity index (χ2n) is 1.65. The van der Waals surface area contributed by atoms with E-state index in [-0.39, 0.29) is 0 Å². The summed E-state index contributed by atoms with van der Waals surface area (Å²) in [6.45, 7) is 0.799.